The maximum absolute atomic E-state index is 12.5. The zero-order chi connectivity index (χ0) is 14.9. The van der Waals surface area contributed by atoms with E-state index >= 15 is 0 Å². The van der Waals surface area contributed by atoms with Crippen molar-refractivity contribution < 1.29 is 12.6 Å². The number of nitrogen functional groups attached to an aromatic ring is 1. The van der Waals surface area contributed by atoms with Gasteiger partial charge < -0.3 is 5.73 Å². The molecule has 1 saturated heterocycles. The van der Waals surface area contributed by atoms with E-state index in [1.807, 2.05) is 6.07 Å². The summed E-state index contributed by atoms with van der Waals surface area (Å²) in [5.41, 5.74) is 7.62. The lowest BCUT2D eigenvalue weighted by Gasteiger charge is -2.23. The first-order chi connectivity index (χ1) is 9.31. The molecule has 0 unspecified atom stereocenters. The van der Waals surface area contributed by atoms with Gasteiger partial charge in [-0.1, -0.05) is 12.1 Å². The predicted octanol–water partition coefficient (Wildman–Crippen LogP) is 1.08. The first-order valence-corrected chi connectivity index (χ1v) is 9.51. The van der Waals surface area contributed by atoms with Gasteiger partial charge in [0.2, 0.25) is 10.0 Å². The highest BCUT2D eigenvalue weighted by molar-refractivity contribution is 7.89. The summed E-state index contributed by atoms with van der Waals surface area (Å²) in [5.74, 6) is 1.10. The third kappa shape index (κ3) is 3.21. The minimum atomic E-state index is -3.64. The number of benzene rings is 1. The summed E-state index contributed by atoms with van der Waals surface area (Å²) < 4.78 is 39.0. The van der Waals surface area contributed by atoms with Gasteiger partial charge in [0.1, 0.15) is 4.90 Å². The number of nitrogens with two attached hydrogens (primary N) is 1. The maximum atomic E-state index is 12.5. The Kier molecular flexibility index (Phi) is 4.51. The fourth-order valence-electron chi connectivity index (χ4n) is 2.35. The van der Waals surface area contributed by atoms with Crippen LogP contribution in [0.4, 0.5) is 5.69 Å². The van der Waals surface area contributed by atoms with Crippen LogP contribution in [0.25, 0.3) is 0 Å². The topological polar surface area (TPSA) is 89.3 Å². The first kappa shape index (κ1) is 15.5. The fourth-order valence-corrected chi connectivity index (χ4v) is 5.39. The van der Waals surface area contributed by atoms with Gasteiger partial charge in [0.25, 0.3) is 0 Å². The van der Waals surface area contributed by atoms with Gasteiger partial charge in [0.15, 0.2) is 0 Å². The van der Waals surface area contributed by atoms with E-state index in [9.17, 15) is 12.6 Å². The molecule has 112 valence electrons. The molecule has 0 saturated carbocycles. The summed E-state index contributed by atoms with van der Waals surface area (Å²) in [4.78, 5) is 0.171. The van der Waals surface area contributed by atoms with E-state index in [0.717, 1.165) is 5.56 Å². The van der Waals surface area contributed by atoms with E-state index in [1.165, 1.54) is 0 Å². The third-order valence-electron chi connectivity index (χ3n) is 3.59. The average molecular weight is 316 g/mol. The van der Waals surface area contributed by atoms with E-state index in [2.05, 4.69) is 4.72 Å². The number of aryl methyl sites for hydroxylation is 2. The van der Waals surface area contributed by atoms with Crippen LogP contribution in [0, 0.1) is 13.8 Å². The van der Waals surface area contributed by atoms with Gasteiger partial charge in [-0.15, -0.1) is 0 Å². The minimum Gasteiger partial charge on any atom is -0.397 e. The Labute approximate surface area is 122 Å². The summed E-state index contributed by atoms with van der Waals surface area (Å²) in [5, 5.41) is 0. The van der Waals surface area contributed by atoms with Crippen molar-refractivity contribution in [3.8, 4) is 0 Å². The number of hydrogen-bond donors (Lipinski definition) is 2. The molecule has 2 rings (SSSR count). The van der Waals surface area contributed by atoms with Gasteiger partial charge in [0.05, 0.1) is 5.69 Å². The molecule has 0 aliphatic carbocycles. The van der Waals surface area contributed by atoms with E-state index in [4.69, 9.17) is 5.73 Å². The van der Waals surface area contributed by atoms with E-state index in [-0.39, 0.29) is 10.9 Å². The van der Waals surface area contributed by atoms with Gasteiger partial charge in [0, 0.05) is 28.3 Å². The molecule has 0 spiro atoms. The van der Waals surface area contributed by atoms with Gasteiger partial charge >= 0.3 is 0 Å². The van der Waals surface area contributed by atoms with Gasteiger partial charge in [-0.2, -0.15) is 0 Å². The van der Waals surface area contributed by atoms with Gasteiger partial charge in [-0.3, -0.25) is 4.21 Å². The highest BCUT2D eigenvalue weighted by Gasteiger charge is 2.27. The zero-order valence-corrected chi connectivity index (χ0v) is 13.3. The second-order valence-corrected chi connectivity index (χ2v) is 8.53. The average Bonchev–Trinajstić information content (AvgIpc) is 2.37. The summed E-state index contributed by atoms with van der Waals surface area (Å²) >= 11 is 0. The van der Waals surface area contributed by atoms with Gasteiger partial charge in [-0.25, -0.2) is 13.1 Å². The number of nitrogens with one attached hydrogen (secondary N) is 1. The number of anilines is 1. The molecule has 0 radical (unpaired) electrons. The molecule has 3 N–H and O–H groups in total. The van der Waals surface area contributed by atoms with Crippen molar-refractivity contribution in [1.29, 1.82) is 0 Å². The second kappa shape index (κ2) is 5.83. The SMILES string of the molecule is Cc1ccc(C)c(S(=O)(=O)NC2CCS(=O)CC2)c1N. The summed E-state index contributed by atoms with van der Waals surface area (Å²) in [7, 11) is -4.44. The molecule has 0 aromatic heterocycles. The van der Waals surface area contributed by atoms with Crippen LogP contribution in [0.5, 0.6) is 0 Å². The van der Waals surface area contributed by atoms with Crippen LogP contribution < -0.4 is 10.5 Å². The van der Waals surface area contributed by atoms with Crippen molar-refractivity contribution in [2.75, 3.05) is 17.2 Å². The van der Waals surface area contributed by atoms with Crippen LogP contribution in [0.3, 0.4) is 0 Å². The third-order valence-corrected chi connectivity index (χ3v) is 6.69. The predicted molar refractivity (Wildman–Crippen MR) is 81.5 cm³/mol. The minimum absolute atomic E-state index is 0.156. The van der Waals surface area contributed by atoms with Crippen molar-refractivity contribution in [3.63, 3.8) is 0 Å². The Bertz CT molecular complexity index is 631. The lowest BCUT2D eigenvalue weighted by Crippen LogP contribution is -2.40. The second-order valence-electron chi connectivity index (χ2n) is 5.19. The van der Waals surface area contributed by atoms with Crippen LogP contribution >= 0.6 is 0 Å². The van der Waals surface area contributed by atoms with Gasteiger partial charge in [-0.05, 0) is 37.8 Å². The molecule has 7 heteroatoms. The molecule has 0 amide bonds. The molecule has 0 atom stereocenters. The lowest BCUT2D eigenvalue weighted by atomic mass is 10.1. The van der Waals surface area contributed by atoms with Crippen LogP contribution in [0.1, 0.15) is 24.0 Å². The molecule has 5 nitrogen and oxygen atoms in total. The van der Waals surface area contributed by atoms with E-state index < -0.39 is 20.8 Å². The number of sulfonamides is 1. The highest BCUT2D eigenvalue weighted by Crippen LogP contribution is 2.26. The molecular formula is C13H20N2O3S2. The molecule has 1 aromatic rings. The standard InChI is InChI=1S/C13H20N2O3S2/c1-9-3-4-10(2)13(12(9)14)20(17,18)15-11-5-7-19(16)8-6-11/h3-4,11,15H,5-8,14H2,1-2H3. The quantitative estimate of drug-likeness (QED) is 0.817. The number of rotatable bonds is 3. The largest absolute Gasteiger partial charge is 0.397 e. The van der Waals surface area contributed by atoms with E-state index in [1.54, 1.807) is 19.9 Å². The summed E-state index contributed by atoms with van der Waals surface area (Å²) in [6.45, 7) is 3.53. The van der Waals surface area contributed by atoms with Crippen molar-refractivity contribution >= 4 is 26.5 Å². The molecule has 1 aromatic carbocycles. The molecule has 1 aliphatic heterocycles. The van der Waals surface area contributed by atoms with E-state index in [0.29, 0.717) is 35.6 Å². The van der Waals surface area contributed by atoms with Crippen molar-refractivity contribution in [2.24, 2.45) is 0 Å². The molecule has 0 bridgehead atoms. The molecular weight excluding hydrogens is 296 g/mol. The van der Waals surface area contributed by atoms with Crippen molar-refractivity contribution in [3.05, 3.63) is 23.3 Å². The molecule has 1 heterocycles. The van der Waals surface area contributed by atoms with Crippen LogP contribution in [0.15, 0.2) is 17.0 Å². The Morgan fingerprint density at radius 1 is 1.20 bits per heavy atom. The fraction of sp³-hybridized carbons (Fsp3) is 0.538. The van der Waals surface area contributed by atoms with Crippen LogP contribution in [0.2, 0.25) is 0 Å². The van der Waals surface area contributed by atoms with Crippen LogP contribution in [-0.2, 0) is 20.8 Å². The normalized spacial score (nSPS) is 23.7. The monoisotopic (exact) mass is 316 g/mol. The Balaban J connectivity index is 2.27. The lowest BCUT2D eigenvalue weighted by molar-refractivity contribution is 0.521. The zero-order valence-electron chi connectivity index (χ0n) is 11.7. The Hall–Kier alpha value is -0.920. The smallest absolute Gasteiger partial charge is 0.243 e. The Morgan fingerprint density at radius 2 is 1.75 bits per heavy atom. The summed E-state index contributed by atoms with van der Waals surface area (Å²) in [6.07, 6.45) is 1.22. The molecule has 1 fully saturated rings. The molecule has 20 heavy (non-hydrogen) atoms. The van der Waals surface area contributed by atoms with Crippen LogP contribution in [-0.4, -0.2) is 30.2 Å². The summed E-state index contributed by atoms with van der Waals surface area (Å²) in [6, 6.07) is 3.42. The first-order valence-electron chi connectivity index (χ1n) is 6.54. The van der Waals surface area contributed by atoms with Crippen molar-refractivity contribution in [2.45, 2.75) is 37.6 Å². The number of hydrogen-bond acceptors (Lipinski definition) is 4. The molecule has 1 aliphatic rings. The van der Waals surface area contributed by atoms with Crippen molar-refractivity contribution in [1.82, 2.24) is 4.72 Å². The maximum Gasteiger partial charge on any atom is 0.243 e. The highest BCUT2D eigenvalue weighted by atomic mass is 32.2. The Morgan fingerprint density at radius 3 is 2.35 bits per heavy atom.